The summed E-state index contributed by atoms with van der Waals surface area (Å²) >= 11 is 0. The van der Waals surface area contributed by atoms with Gasteiger partial charge < -0.3 is 15.5 Å². The molecule has 29 heavy (non-hydrogen) atoms. The zero-order chi connectivity index (χ0) is 20.6. The third-order valence-corrected chi connectivity index (χ3v) is 5.31. The van der Waals surface area contributed by atoms with Gasteiger partial charge in [-0.05, 0) is 56.8 Å². The number of benzene rings is 1. The molecule has 0 amide bonds. The van der Waals surface area contributed by atoms with E-state index in [0.29, 0.717) is 17.6 Å². The normalized spacial score (nSPS) is 16.5. The van der Waals surface area contributed by atoms with Crippen LogP contribution in [0.1, 0.15) is 56.4 Å². The lowest BCUT2D eigenvalue weighted by atomic mass is 10.1. The number of anilines is 3. The first-order chi connectivity index (χ1) is 14.1. The van der Waals surface area contributed by atoms with Gasteiger partial charge in [-0.1, -0.05) is 26.3 Å². The number of nitrogens with zero attached hydrogens (tertiary/aromatic N) is 4. The smallest absolute Gasteiger partial charge is 0.229 e. The van der Waals surface area contributed by atoms with Crippen molar-refractivity contribution in [2.45, 2.75) is 58.9 Å². The molecule has 1 unspecified atom stereocenters. The van der Waals surface area contributed by atoms with Crippen LogP contribution in [0, 0.1) is 18.3 Å². The SMILES string of the molecule is CCCNC1CCCN(c2cc(CCC)nc(Nc3ccc(C)c(C#N)c3)n2)C1. The van der Waals surface area contributed by atoms with E-state index in [4.69, 9.17) is 9.97 Å². The van der Waals surface area contributed by atoms with Crippen LogP contribution in [-0.2, 0) is 6.42 Å². The molecule has 1 aliphatic rings. The molecule has 3 rings (SSSR count). The Balaban J connectivity index is 1.83. The maximum atomic E-state index is 9.30. The van der Waals surface area contributed by atoms with E-state index >= 15 is 0 Å². The Kier molecular flexibility index (Phi) is 7.42. The van der Waals surface area contributed by atoms with Crippen LogP contribution in [0.2, 0.25) is 0 Å². The van der Waals surface area contributed by atoms with Gasteiger partial charge in [0.2, 0.25) is 5.95 Å². The van der Waals surface area contributed by atoms with Crippen molar-refractivity contribution in [2.75, 3.05) is 29.9 Å². The number of hydrogen-bond donors (Lipinski definition) is 2. The summed E-state index contributed by atoms with van der Waals surface area (Å²) in [7, 11) is 0. The van der Waals surface area contributed by atoms with Crippen LogP contribution in [0.4, 0.5) is 17.5 Å². The maximum absolute atomic E-state index is 9.30. The minimum Gasteiger partial charge on any atom is -0.355 e. The molecule has 0 saturated carbocycles. The molecule has 1 saturated heterocycles. The summed E-state index contributed by atoms with van der Waals surface area (Å²) < 4.78 is 0. The Hall–Kier alpha value is -2.65. The van der Waals surface area contributed by atoms with Crippen LogP contribution in [-0.4, -0.2) is 35.6 Å². The molecule has 1 fully saturated rings. The molecular formula is C23H32N6. The molecule has 6 heteroatoms. The number of rotatable bonds is 8. The fourth-order valence-corrected chi connectivity index (χ4v) is 3.73. The monoisotopic (exact) mass is 392 g/mol. The summed E-state index contributed by atoms with van der Waals surface area (Å²) in [6.07, 6.45) is 5.50. The topological polar surface area (TPSA) is 76.9 Å². The highest BCUT2D eigenvalue weighted by Crippen LogP contribution is 2.23. The van der Waals surface area contributed by atoms with Gasteiger partial charge in [0.1, 0.15) is 5.82 Å². The largest absolute Gasteiger partial charge is 0.355 e. The lowest BCUT2D eigenvalue weighted by Crippen LogP contribution is -2.46. The van der Waals surface area contributed by atoms with Crippen molar-refractivity contribution in [2.24, 2.45) is 0 Å². The minimum absolute atomic E-state index is 0.514. The summed E-state index contributed by atoms with van der Waals surface area (Å²) in [6, 6.07) is 10.7. The Morgan fingerprint density at radius 2 is 2.07 bits per heavy atom. The molecule has 0 bridgehead atoms. The molecule has 0 spiro atoms. The second kappa shape index (κ2) is 10.2. The molecule has 1 atom stereocenters. The number of hydrogen-bond acceptors (Lipinski definition) is 6. The molecule has 2 aromatic rings. The first-order valence-electron chi connectivity index (χ1n) is 10.8. The second-order valence-electron chi connectivity index (χ2n) is 7.80. The van der Waals surface area contributed by atoms with Crippen LogP contribution in [0.3, 0.4) is 0 Å². The third kappa shape index (κ3) is 5.68. The van der Waals surface area contributed by atoms with Gasteiger partial charge in [-0.15, -0.1) is 0 Å². The molecule has 2 heterocycles. The maximum Gasteiger partial charge on any atom is 0.229 e. The molecule has 1 aliphatic heterocycles. The van der Waals surface area contributed by atoms with Crippen molar-refractivity contribution in [3.8, 4) is 6.07 Å². The number of nitriles is 1. The molecule has 2 N–H and O–H groups in total. The lowest BCUT2D eigenvalue weighted by molar-refractivity contribution is 0.421. The van der Waals surface area contributed by atoms with E-state index in [1.807, 2.05) is 25.1 Å². The summed E-state index contributed by atoms with van der Waals surface area (Å²) in [5.74, 6) is 1.59. The fourth-order valence-electron chi connectivity index (χ4n) is 3.73. The highest BCUT2D eigenvalue weighted by Gasteiger charge is 2.21. The van der Waals surface area contributed by atoms with Gasteiger partial charge in [0.05, 0.1) is 11.6 Å². The molecular weight excluding hydrogens is 360 g/mol. The van der Waals surface area contributed by atoms with E-state index in [0.717, 1.165) is 61.7 Å². The van der Waals surface area contributed by atoms with Crippen molar-refractivity contribution in [3.05, 3.63) is 41.1 Å². The quantitative estimate of drug-likeness (QED) is 0.697. The predicted octanol–water partition coefficient (Wildman–Crippen LogP) is 4.32. The third-order valence-electron chi connectivity index (χ3n) is 5.31. The second-order valence-corrected chi connectivity index (χ2v) is 7.80. The summed E-state index contributed by atoms with van der Waals surface area (Å²) in [6.45, 7) is 9.37. The molecule has 154 valence electrons. The Bertz CT molecular complexity index is 857. The molecule has 1 aromatic heterocycles. The fraction of sp³-hybridized carbons (Fsp3) is 0.522. The first-order valence-corrected chi connectivity index (χ1v) is 10.8. The number of aromatic nitrogens is 2. The van der Waals surface area contributed by atoms with Crippen molar-refractivity contribution in [3.63, 3.8) is 0 Å². The van der Waals surface area contributed by atoms with E-state index < -0.39 is 0 Å². The Morgan fingerprint density at radius 3 is 2.83 bits per heavy atom. The van der Waals surface area contributed by atoms with Crippen molar-refractivity contribution < 1.29 is 0 Å². The summed E-state index contributed by atoms with van der Waals surface area (Å²) in [4.78, 5) is 11.9. The highest BCUT2D eigenvalue weighted by atomic mass is 15.2. The van der Waals surface area contributed by atoms with Crippen LogP contribution in [0.25, 0.3) is 0 Å². The van der Waals surface area contributed by atoms with Crippen molar-refractivity contribution in [1.82, 2.24) is 15.3 Å². The van der Waals surface area contributed by atoms with Crippen LogP contribution >= 0.6 is 0 Å². The van der Waals surface area contributed by atoms with Gasteiger partial charge in [0.15, 0.2) is 0 Å². The van der Waals surface area contributed by atoms with Gasteiger partial charge in [-0.3, -0.25) is 0 Å². The van der Waals surface area contributed by atoms with E-state index in [1.54, 1.807) is 0 Å². The average Bonchev–Trinajstić information content (AvgIpc) is 2.74. The standard InChI is InChI=1S/C23H32N6/c1-4-7-19-14-22(29-12-6-8-21(16-29)25-11-5-2)28-23(26-19)27-20-10-9-17(3)18(13-20)15-24/h9-10,13-14,21,25H,4-8,11-12,16H2,1-3H3,(H,26,27,28). The van der Waals surface area contributed by atoms with E-state index in [1.165, 1.54) is 12.8 Å². The highest BCUT2D eigenvalue weighted by molar-refractivity contribution is 5.59. The van der Waals surface area contributed by atoms with E-state index in [2.05, 4.69) is 41.5 Å². The van der Waals surface area contributed by atoms with Gasteiger partial charge >= 0.3 is 0 Å². The minimum atomic E-state index is 0.514. The van der Waals surface area contributed by atoms with Gasteiger partial charge in [0, 0.05) is 36.6 Å². The zero-order valence-corrected chi connectivity index (χ0v) is 17.8. The Labute approximate surface area is 174 Å². The van der Waals surface area contributed by atoms with Crippen molar-refractivity contribution in [1.29, 1.82) is 5.26 Å². The first kappa shape index (κ1) is 21.1. The number of aryl methyl sites for hydroxylation is 2. The lowest BCUT2D eigenvalue weighted by Gasteiger charge is -2.34. The molecule has 0 aliphatic carbocycles. The number of nitrogens with one attached hydrogen (secondary N) is 2. The van der Waals surface area contributed by atoms with Gasteiger partial charge in [-0.25, -0.2) is 4.98 Å². The summed E-state index contributed by atoms with van der Waals surface area (Å²) in [5.41, 5.74) is 3.53. The Morgan fingerprint density at radius 1 is 1.21 bits per heavy atom. The van der Waals surface area contributed by atoms with Gasteiger partial charge in [-0.2, -0.15) is 10.2 Å². The molecule has 0 radical (unpaired) electrons. The summed E-state index contributed by atoms with van der Waals surface area (Å²) in [5, 5.41) is 16.3. The average molecular weight is 393 g/mol. The van der Waals surface area contributed by atoms with Crippen LogP contribution in [0.15, 0.2) is 24.3 Å². The van der Waals surface area contributed by atoms with E-state index in [9.17, 15) is 5.26 Å². The van der Waals surface area contributed by atoms with Crippen LogP contribution < -0.4 is 15.5 Å². The van der Waals surface area contributed by atoms with E-state index in [-0.39, 0.29) is 0 Å². The van der Waals surface area contributed by atoms with Crippen LogP contribution in [0.5, 0.6) is 0 Å². The molecule has 6 nitrogen and oxygen atoms in total. The van der Waals surface area contributed by atoms with Gasteiger partial charge in [0.25, 0.3) is 0 Å². The predicted molar refractivity (Wildman–Crippen MR) is 119 cm³/mol. The molecule has 1 aromatic carbocycles. The number of piperidine rings is 1. The zero-order valence-electron chi connectivity index (χ0n) is 17.8. The van der Waals surface area contributed by atoms with Crippen molar-refractivity contribution >= 4 is 17.5 Å².